The van der Waals surface area contributed by atoms with Crippen LogP contribution in [0.1, 0.15) is 80.1 Å². The van der Waals surface area contributed by atoms with Crippen LogP contribution in [0.5, 0.6) is 0 Å². The third kappa shape index (κ3) is 5.72. The second kappa shape index (κ2) is 9.04. The van der Waals surface area contributed by atoms with E-state index in [-0.39, 0.29) is 0 Å². The molecule has 1 N–H and O–H groups in total. The van der Waals surface area contributed by atoms with Gasteiger partial charge in [-0.25, -0.2) is 0 Å². The molecule has 0 amide bonds. The zero-order valence-electron chi connectivity index (χ0n) is 20.4. The van der Waals surface area contributed by atoms with Gasteiger partial charge in [-0.05, 0) is 72.3 Å². The predicted molar refractivity (Wildman–Crippen MR) is 128 cm³/mol. The Morgan fingerprint density at radius 2 is 0.963 bits per heavy atom. The summed E-state index contributed by atoms with van der Waals surface area (Å²) in [6.07, 6.45) is 8.82. The monoisotopic (exact) mass is 409 g/mol. The largest absolute Gasteiger partial charge is 0.359 e. The molecule has 0 aromatic rings. The van der Waals surface area contributed by atoms with Gasteiger partial charge in [-0.2, -0.15) is 0 Å². The van der Waals surface area contributed by atoms with Crippen LogP contribution in [0, 0.1) is 35.5 Å². The summed E-state index contributed by atoms with van der Waals surface area (Å²) in [5, 5.41) is 0. The van der Waals surface area contributed by atoms with Crippen molar-refractivity contribution < 1.29 is 0 Å². The molecule has 6 unspecified atom stereocenters. The predicted octanol–water partition coefficient (Wildman–Crippen LogP) is 7.91. The molecule has 27 heavy (non-hydrogen) atoms. The van der Waals surface area contributed by atoms with Crippen molar-refractivity contribution in [3.8, 4) is 0 Å². The van der Waals surface area contributed by atoms with Gasteiger partial charge in [0, 0.05) is 0 Å². The molecular formula is C24H51NSi2. The first-order chi connectivity index (χ1) is 12.3. The first kappa shape index (κ1) is 23.7. The minimum atomic E-state index is -1.46. The Balaban J connectivity index is 2.22. The second-order valence-corrected chi connectivity index (χ2v) is 21.8. The summed E-state index contributed by atoms with van der Waals surface area (Å²) in [6, 6.07) is 0. The molecule has 2 fully saturated rings. The van der Waals surface area contributed by atoms with Crippen molar-refractivity contribution in [2.45, 2.75) is 117 Å². The van der Waals surface area contributed by atoms with Crippen molar-refractivity contribution in [1.29, 1.82) is 0 Å². The number of hydrogen-bond acceptors (Lipinski definition) is 1. The average molecular weight is 410 g/mol. The Bertz CT molecular complexity index is 429. The van der Waals surface area contributed by atoms with Crippen molar-refractivity contribution >= 4 is 16.5 Å². The molecule has 0 bridgehead atoms. The Hall–Kier alpha value is 0.394. The van der Waals surface area contributed by atoms with E-state index in [1.165, 1.54) is 38.5 Å². The van der Waals surface area contributed by atoms with E-state index in [1.807, 2.05) is 0 Å². The van der Waals surface area contributed by atoms with Gasteiger partial charge in [-0.1, -0.05) is 80.6 Å². The molecule has 2 rings (SSSR count). The summed E-state index contributed by atoms with van der Waals surface area (Å²) in [6.45, 7) is 25.7. The van der Waals surface area contributed by atoms with Crippen molar-refractivity contribution in [2.24, 2.45) is 35.5 Å². The van der Waals surface area contributed by atoms with Gasteiger partial charge in [0.05, 0.1) is 0 Å². The fourth-order valence-corrected chi connectivity index (χ4v) is 20.4. The van der Waals surface area contributed by atoms with Gasteiger partial charge in [-0.15, -0.1) is 0 Å². The summed E-state index contributed by atoms with van der Waals surface area (Å²) in [5.41, 5.74) is 1.93. The SMILES string of the molecule is CC1CCC(C(C)C)C([Si](C)(C)N[Si](C)(C)C2CC(C)CCC2C(C)C)C1. The molecule has 0 aliphatic heterocycles. The third-order valence-corrected chi connectivity index (χ3v) is 18.7. The minimum Gasteiger partial charge on any atom is -0.359 e. The molecule has 160 valence electrons. The van der Waals surface area contributed by atoms with E-state index in [2.05, 4.69) is 72.4 Å². The normalized spacial score (nSPS) is 36.4. The summed E-state index contributed by atoms with van der Waals surface area (Å²) in [5.74, 6) is 5.46. The van der Waals surface area contributed by atoms with Crippen molar-refractivity contribution in [1.82, 2.24) is 4.65 Å². The highest BCUT2D eigenvalue weighted by Crippen LogP contribution is 2.50. The highest BCUT2D eigenvalue weighted by atomic mass is 28.4. The molecular weight excluding hydrogens is 358 g/mol. The lowest BCUT2D eigenvalue weighted by atomic mass is 9.77. The minimum absolute atomic E-state index is 0.846. The van der Waals surface area contributed by atoms with Crippen LogP contribution < -0.4 is 4.65 Å². The standard InChI is InChI=1S/C24H51NSi2/c1-17(2)21-13-11-19(5)15-23(21)26(7,8)25-27(9,10)24-16-20(6)12-14-22(24)18(3)4/h17-25H,11-16H2,1-10H3. The van der Waals surface area contributed by atoms with Crippen molar-refractivity contribution in [3.63, 3.8) is 0 Å². The van der Waals surface area contributed by atoms with Crippen LogP contribution >= 0.6 is 0 Å². The highest BCUT2D eigenvalue weighted by molar-refractivity contribution is 6.92. The van der Waals surface area contributed by atoms with Crippen LogP contribution in [0.3, 0.4) is 0 Å². The van der Waals surface area contributed by atoms with Crippen LogP contribution in [0.25, 0.3) is 0 Å². The molecule has 0 aromatic heterocycles. The van der Waals surface area contributed by atoms with Crippen LogP contribution in [-0.4, -0.2) is 16.5 Å². The lowest BCUT2D eigenvalue weighted by molar-refractivity contribution is 0.224. The Morgan fingerprint density at radius 1 is 0.630 bits per heavy atom. The summed E-state index contributed by atoms with van der Waals surface area (Å²) in [4.78, 5) is 0. The molecule has 3 heteroatoms. The van der Waals surface area contributed by atoms with Crippen LogP contribution in [-0.2, 0) is 0 Å². The summed E-state index contributed by atoms with van der Waals surface area (Å²) in [7, 11) is -2.93. The molecule has 0 saturated heterocycles. The van der Waals surface area contributed by atoms with Gasteiger partial charge in [-0.3, -0.25) is 0 Å². The van der Waals surface area contributed by atoms with Crippen LogP contribution in [0.2, 0.25) is 37.3 Å². The van der Waals surface area contributed by atoms with E-state index in [1.54, 1.807) is 0 Å². The number of hydrogen-bond donors (Lipinski definition) is 1. The third-order valence-electron chi connectivity index (χ3n) is 8.54. The molecule has 6 atom stereocenters. The lowest BCUT2D eigenvalue weighted by Gasteiger charge is -2.52. The molecule has 1 nitrogen and oxygen atoms in total. The Morgan fingerprint density at radius 3 is 1.26 bits per heavy atom. The van der Waals surface area contributed by atoms with Gasteiger partial charge >= 0.3 is 0 Å². The number of rotatable bonds is 6. The molecule has 2 saturated carbocycles. The van der Waals surface area contributed by atoms with Gasteiger partial charge in [0.15, 0.2) is 0 Å². The topological polar surface area (TPSA) is 12.0 Å². The smallest absolute Gasteiger partial charge is 0.116 e. The first-order valence-electron chi connectivity index (χ1n) is 12.1. The second-order valence-electron chi connectivity index (χ2n) is 12.4. The molecule has 2 aliphatic rings. The fourth-order valence-electron chi connectivity index (χ4n) is 7.08. The number of nitrogens with one attached hydrogen (secondary N) is 1. The highest BCUT2D eigenvalue weighted by Gasteiger charge is 2.48. The van der Waals surface area contributed by atoms with E-state index >= 15 is 0 Å². The molecule has 0 radical (unpaired) electrons. The van der Waals surface area contributed by atoms with Gasteiger partial charge in [0.1, 0.15) is 16.5 Å². The van der Waals surface area contributed by atoms with Crippen molar-refractivity contribution in [2.75, 3.05) is 0 Å². The summed E-state index contributed by atoms with van der Waals surface area (Å²) >= 11 is 0. The van der Waals surface area contributed by atoms with E-state index < -0.39 is 16.5 Å². The van der Waals surface area contributed by atoms with E-state index in [0.717, 1.165) is 46.6 Å². The molecule has 0 spiro atoms. The Kier molecular flexibility index (Phi) is 7.92. The molecule has 0 heterocycles. The van der Waals surface area contributed by atoms with E-state index in [9.17, 15) is 0 Å². The zero-order chi connectivity index (χ0) is 20.6. The average Bonchev–Trinajstić information content (AvgIpc) is 2.53. The quantitative estimate of drug-likeness (QED) is 0.439. The van der Waals surface area contributed by atoms with E-state index in [0.29, 0.717) is 0 Å². The Labute approximate surface area is 174 Å². The van der Waals surface area contributed by atoms with Gasteiger partial charge < -0.3 is 4.65 Å². The molecule has 0 aromatic carbocycles. The van der Waals surface area contributed by atoms with Crippen LogP contribution in [0.15, 0.2) is 0 Å². The van der Waals surface area contributed by atoms with Gasteiger partial charge in [0.25, 0.3) is 0 Å². The van der Waals surface area contributed by atoms with Gasteiger partial charge in [0.2, 0.25) is 0 Å². The summed E-state index contributed by atoms with van der Waals surface area (Å²) < 4.78 is 4.56. The zero-order valence-corrected chi connectivity index (χ0v) is 22.4. The molecule has 2 aliphatic carbocycles. The van der Waals surface area contributed by atoms with Crippen molar-refractivity contribution in [3.05, 3.63) is 0 Å². The fraction of sp³-hybridized carbons (Fsp3) is 1.00. The maximum absolute atomic E-state index is 4.56. The van der Waals surface area contributed by atoms with Crippen LogP contribution in [0.4, 0.5) is 0 Å². The maximum Gasteiger partial charge on any atom is 0.116 e. The van der Waals surface area contributed by atoms with E-state index in [4.69, 9.17) is 0 Å². The maximum atomic E-state index is 4.56. The first-order valence-corrected chi connectivity index (χ1v) is 18.3. The lowest BCUT2D eigenvalue weighted by Crippen LogP contribution is -2.66.